The van der Waals surface area contributed by atoms with Crippen LogP contribution in [0.3, 0.4) is 0 Å². The SMILES string of the molecule is CCN(c1cccc(C)c1)S(=O)(=O)N1CCCC(CCl)C1. The van der Waals surface area contributed by atoms with E-state index in [1.54, 1.807) is 4.31 Å². The molecule has 0 bridgehead atoms. The van der Waals surface area contributed by atoms with E-state index in [-0.39, 0.29) is 5.92 Å². The van der Waals surface area contributed by atoms with Crippen molar-refractivity contribution in [1.82, 2.24) is 4.31 Å². The van der Waals surface area contributed by atoms with Crippen LogP contribution in [0.15, 0.2) is 24.3 Å². The highest BCUT2D eigenvalue weighted by atomic mass is 35.5. The number of aryl methyl sites for hydroxylation is 1. The highest BCUT2D eigenvalue weighted by Gasteiger charge is 2.32. The van der Waals surface area contributed by atoms with E-state index in [0.717, 1.165) is 24.1 Å². The van der Waals surface area contributed by atoms with Gasteiger partial charge in [-0.2, -0.15) is 12.7 Å². The second kappa shape index (κ2) is 6.99. The van der Waals surface area contributed by atoms with Crippen molar-refractivity contribution in [1.29, 1.82) is 0 Å². The topological polar surface area (TPSA) is 40.6 Å². The van der Waals surface area contributed by atoms with Crippen molar-refractivity contribution >= 4 is 27.5 Å². The zero-order valence-corrected chi connectivity index (χ0v) is 14.2. The molecular weight excluding hydrogens is 308 g/mol. The number of benzene rings is 1. The molecule has 1 fully saturated rings. The molecule has 21 heavy (non-hydrogen) atoms. The Morgan fingerprint density at radius 2 is 2.19 bits per heavy atom. The molecule has 118 valence electrons. The first-order valence-electron chi connectivity index (χ1n) is 7.39. The number of anilines is 1. The Balaban J connectivity index is 2.27. The first-order valence-corrected chi connectivity index (χ1v) is 9.32. The number of hydrogen-bond acceptors (Lipinski definition) is 2. The summed E-state index contributed by atoms with van der Waals surface area (Å²) in [7, 11) is -3.48. The minimum absolute atomic E-state index is 0.256. The van der Waals surface area contributed by atoms with Crippen molar-refractivity contribution in [2.24, 2.45) is 5.92 Å². The first kappa shape index (κ1) is 16.6. The normalized spacial score (nSPS) is 20.4. The Bertz CT molecular complexity index is 577. The molecule has 1 aliphatic heterocycles. The minimum atomic E-state index is -3.48. The molecule has 0 saturated carbocycles. The van der Waals surface area contributed by atoms with Crippen molar-refractivity contribution in [2.45, 2.75) is 26.7 Å². The molecule has 1 aromatic rings. The molecule has 2 rings (SSSR count). The second-order valence-electron chi connectivity index (χ2n) is 5.53. The predicted molar refractivity (Wildman–Crippen MR) is 88.1 cm³/mol. The van der Waals surface area contributed by atoms with Crippen LogP contribution in [-0.2, 0) is 10.2 Å². The van der Waals surface area contributed by atoms with Gasteiger partial charge in [-0.15, -0.1) is 11.6 Å². The van der Waals surface area contributed by atoms with Gasteiger partial charge in [0.05, 0.1) is 5.69 Å². The lowest BCUT2D eigenvalue weighted by molar-refractivity contribution is 0.283. The van der Waals surface area contributed by atoms with E-state index in [1.807, 2.05) is 38.1 Å². The molecule has 0 spiro atoms. The second-order valence-corrected chi connectivity index (χ2v) is 7.69. The number of nitrogens with zero attached hydrogens (tertiary/aromatic N) is 2. The third kappa shape index (κ3) is 3.71. The molecule has 1 heterocycles. The lowest BCUT2D eigenvalue weighted by atomic mass is 10.0. The van der Waals surface area contributed by atoms with Crippen molar-refractivity contribution in [3.63, 3.8) is 0 Å². The summed E-state index contributed by atoms with van der Waals surface area (Å²) in [5.74, 6) is 0.772. The van der Waals surface area contributed by atoms with Gasteiger partial charge in [-0.3, -0.25) is 4.31 Å². The first-order chi connectivity index (χ1) is 9.98. The maximum absolute atomic E-state index is 12.9. The summed E-state index contributed by atoms with van der Waals surface area (Å²) < 4.78 is 28.9. The fraction of sp³-hybridized carbons (Fsp3) is 0.600. The van der Waals surface area contributed by atoms with Crippen molar-refractivity contribution < 1.29 is 8.42 Å². The molecular formula is C15H23ClN2O2S. The van der Waals surface area contributed by atoms with Gasteiger partial charge in [0.2, 0.25) is 0 Å². The Morgan fingerprint density at radius 1 is 1.43 bits per heavy atom. The van der Waals surface area contributed by atoms with Crippen molar-refractivity contribution in [3.8, 4) is 0 Å². The largest absolute Gasteiger partial charge is 0.304 e. The van der Waals surface area contributed by atoms with Crippen LogP contribution in [0.5, 0.6) is 0 Å². The van der Waals surface area contributed by atoms with Gasteiger partial charge in [0.1, 0.15) is 0 Å². The number of hydrogen-bond donors (Lipinski definition) is 0. The molecule has 0 aromatic heterocycles. The van der Waals surface area contributed by atoms with Gasteiger partial charge in [-0.1, -0.05) is 12.1 Å². The minimum Gasteiger partial charge on any atom is -0.258 e. The summed E-state index contributed by atoms with van der Waals surface area (Å²) in [6.07, 6.45) is 1.88. The van der Waals surface area contributed by atoms with Crippen LogP contribution < -0.4 is 4.31 Å². The van der Waals surface area contributed by atoms with Crippen LogP contribution in [-0.4, -0.2) is 38.2 Å². The summed E-state index contributed by atoms with van der Waals surface area (Å²) in [5, 5.41) is 0. The average Bonchev–Trinajstić information content (AvgIpc) is 2.48. The van der Waals surface area contributed by atoms with Crippen LogP contribution in [0, 0.1) is 12.8 Å². The van der Waals surface area contributed by atoms with Gasteiger partial charge in [-0.05, 0) is 50.3 Å². The molecule has 1 aliphatic rings. The van der Waals surface area contributed by atoms with Crippen molar-refractivity contribution in [2.75, 3.05) is 29.8 Å². The monoisotopic (exact) mass is 330 g/mol. The third-order valence-corrected chi connectivity index (χ3v) is 6.33. The number of halogens is 1. The zero-order valence-electron chi connectivity index (χ0n) is 12.6. The van der Waals surface area contributed by atoms with E-state index < -0.39 is 10.2 Å². The molecule has 0 N–H and O–H groups in total. The molecule has 1 saturated heterocycles. The summed E-state index contributed by atoms with van der Waals surface area (Å²) in [4.78, 5) is 0. The van der Waals surface area contributed by atoms with Gasteiger partial charge in [0.15, 0.2) is 0 Å². The van der Waals surface area contributed by atoms with Crippen LogP contribution in [0.4, 0.5) is 5.69 Å². The highest BCUT2D eigenvalue weighted by Crippen LogP contribution is 2.26. The molecule has 0 radical (unpaired) electrons. The Morgan fingerprint density at radius 3 is 2.81 bits per heavy atom. The van der Waals surface area contributed by atoms with Gasteiger partial charge in [0.25, 0.3) is 0 Å². The summed E-state index contributed by atoms with van der Waals surface area (Å²) in [5.41, 5.74) is 1.78. The highest BCUT2D eigenvalue weighted by molar-refractivity contribution is 7.90. The zero-order chi connectivity index (χ0) is 15.5. The maximum Gasteiger partial charge on any atom is 0.304 e. The standard InChI is InChI=1S/C15H23ClN2O2S/c1-3-18(15-8-4-6-13(2)10-15)21(19,20)17-9-5-7-14(11-16)12-17/h4,6,8,10,14H,3,5,7,9,11-12H2,1-2H3. The van der Waals surface area contributed by atoms with Crippen LogP contribution in [0.2, 0.25) is 0 Å². The number of rotatable bonds is 5. The predicted octanol–water partition coefficient (Wildman–Crippen LogP) is 3.02. The Hall–Kier alpha value is -0.780. The van der Waals surface area contributed by atoms with Crippen molar-refractivity contribution in [3.05, 3.63) is 29.8 Å². The molecule has 1 atom stereocenters. The fourth-order valence-corrected chi connectivity index (χ4v) is 4.76. The van der Waals surface area contributed by atoms with Crippen LogP contribution in [0.25, 0.3) is 0 Å². The van der Waals surface area contributed by atoms with E-state index >= 15 is 0 Å². The lowest BCUT2D eigenvalue weighted by Crippen LogP contribution is -2.48. The number of alkyl halides is 1. The van der Waals surface area contributed by atoms with Gasteiger partial charge in [0, 0.05) is 25.5 Å². The number of piperidine rings is 1. The van der Waals surface area contributed by atoms with E-state index in [4.69, 9.17) is 11.6 Å². The molecule has 1 unspecified atom stereocenters. The van der Waals surface area contributed by atoms with Crippen LogP contribution in [0.1, 0.15) is 25.3 Å². The summed E-state index contributed by atoms with van der Waals surface area (Å²) in [6.45, 7) is 5.36. The van der Waals surface area contributed by atoms with E-state index in [2.05, 4.69) is 0 Å². The van der Waals surface area contributed by atoms with E-state index in [1.165, 1.54) is 4.31 Å². The summed E-state index contributed by atoms with van der Waals surface area (Å²) in [6, 6.07) is 7.61. The van der Waals surface area contributed by atoms with E-state index in [9.17, 15) is 8.42 Å². The lowest BCUT2D eigenvalue weighted by Gasteiger charge is -2.35. The van der Waals surface area contributed by atoms with Gasteiger partial charge >= 0.3 is 10.2 Å². The third-order valence-electron chi connectivity index (χ3n) is 3.88. The van der Waals surface area contributed by atoms with Gasteiger partial charge < -0.3 is 0 Å². The Labute approximate surface area is 132 Å². The van der Waals surface area contributed by atoms with E-state index in [0.29, 0.717) is 25.5 Å². The average molecular weight is 331 g/mol. The summed E-state index contributed by atoms with van der Waals surface area (Å²) >= 11 is 5.91. The maximum atomic E-state index is 12.9. The van der Waals surface area contributed by atoms with Crippen LogP contribution >= 0.6 is 11.6 Å². The Kier molecular flexibility index (Phi) is 5.52. The molecule has 6 heteroatoms. The molecule has 1 aromatic carbocycles. The quantitative estimate of drug-likeness (QED) is 0.779. The smallest absolute Gasteiger partial charge is 0.258 e. The molecule has 4 nitrogen and oxygen atoms in total. The van der Waals surface area contributed by atoms with Gasteiger partial charge in [-0.25, -0.2) is 0 Å². The fourth-order valence-electron chi connectivity index (χ4n) is 2.76. The molecule has 0 amide bonds. The molecule has 0 aliphatic carbocycles.